The maximum atomic E-state index is 11.1. The molecular formula is C7H3ClN2O3. The van der Waals surface area contributed by atoms with Crippen LogP contribution in [0.5, 0.6) is 0 Å². The number of hydrogen-bond donors (Lipinski definition) is 1. The van der Waals surface area contributed by atoms with Crippen LogP contribution in [-0.2, 0) is 0 Å². The smallest absolute Gasteiger partial charge is 0.372 e. The van der Waals surface area contributed by atoms with E-state index in [2.05, 4.69) is 14.4 Å². The minimum absolute atomic E-state index is 0.173. The zero-order valence-electron chi connectivity index (χ0n) is 6.20. The van der Waals surface area contributed by atoms with E-state index in [9.17, 15) is 9.59 Å². The number of fused-ring (bicyclic) bond motifs is 1. The third-order valence-electron chi connectivity index (χ3n) is 1.51. The number of nitrogens with one attached hydrogen (secondary N) is 1. The number of halogens is 1. The monoisotopic (exact) mass is 198 g/mol. The van der Waals surface area contributed by atoms with Crippen molar-refractivity contribution in [3.05, 3.63) is 38.4 Å². The van der Waals surface area contributed by atoms with Gasteiger partial charge in [0.05, 0.1) is 17.1 Å². The molecule has 0 radical (unpaired) electrons. The summed E-state index contributed by atoms with van der Waals surface area (Å²) in [7, 11) is 0. The van der Waals surface area contributed by atoms with Crippen LogP contribution in [0, 0.1) is 0 Å². The lowest BCUT2D eigenvalue weighted by Gasteiger charge is -1.93. The minimum atomic E-state index is -0.804. The molecule has 13 heavy (non-hydrogen) atoms. The van der Waals surface area contributed by atoms with Gasteiger partial charge < -0.3 is 4.42 Å². The van der Waals surface area contributed by atoms with Crippen LogP contribution in [0.2, 0.25) is 5.15 Å². The first kappa shape index (κ1) is 8.00. The number of rotatable bonds is 0. The van der Waals surface area contributed by atoms with E-state index in [0.29, 0.717) is 5.52 Å². The molecule has 0 atom stereocenters. The maximum Gasteiger partial charge on any atom is 0.419 e. The quantitative estimate of drug-likeness (QED) is 0.627. The van der Waals surface area contributed by atoms with Crippen LogP contribution < -0.4 is 11.4 Å². The molecule has 0 unspecified atom stereocenters. The Morgan fingerprint density at radius 2 is 2.23 bits per heavy atom. The third kappa shape index (κ3) is 1.33. The zero-order chi connectivity index (χ0) is 9.42. The van der Waals surface area contributed by atoms with E-state index >= 15 is 0 Å². The lowest BCUT2D eigenvalue weighted by atomic mass is 10.3. The largest absolute Gasteiger partial charge is 0.419 e. The lowest BCUT2D eigenvalue weighted by molar-refractivity contribution is 0.460. The van der Waals surface area contributed by atoms with Gasteiger partial charge in [-0.3, -0.25) is 4.98 Å². The highest BCUT2D eigenvalue weighted by Crippen LogP contribution is 2.09. The third-order valence-corrected chi connectivity index (χ3v) is 1.72. The minimum Gasteiger partial charge on any atom is -0.372 e. The SMILES string of the molecule is O=c1[nH]c2cnc(Cl)cc2c(=O)o1. The molecule has 2 aromatic rings. The molecule has 0 saturated heterocycles. The molecule has 2 rings (SSSR count). The lowest BCUT2D eigenvalue weighted by Crippen LogP contribution is -2.14. The van der Waals surface area contributed by atoms with Crippen LogP contribution in [-0.4, -0.2) is 9.97 Å². The fourth-order valence-corrected chi connectivity index (χ4v) is 1.13. The van der Waals surface area contributed by atoms with E-state index in [0.717, 1.165) is 0 Å². The second-order valence-electron chi connectivity index (χ2n) is 2.35. The van der Waals surface area contributed by atoms with Crippen molar-refractivity contribution < 1.29 is 4.42 Å². The Hall–Kier alpha value is -1.62. The van der Waals surface area contributed by atoms with Gasteiger partial charge in [0.25, 0.3) is 0 Å². The van der Waals surface area contributed by atoms with Gasteiger partial charge in [-0.05, 0) is 6.07 Å². The van der Waals surface area contributed by atoms with Gasteiger partial charge in [0.1, 0.15) is 5.15 Å². The summed E-state index contributed by atoms with van der Waals surface area (Å²) in [5, 5.41) is 0.381. The molecule has 0 aromatic carbocycles. The summed E-state index contributed by atoms with van der Waals surface area (Å²) >= 11 is 5.55. The molecule has 0 saturated carbocycles. The van der Waals surface area contributed by atoms with Gasteiger partial charge in [0.15, 0.2) is 0 Å². The van der Waals surface area contributed by atoms with Crippen LogP contribution in [0.15, 0.2) is 26.3 Å². The van der Waals surface area contributed by atoms with Gasteiger partial charge in [-0.25, -0.2) is 14.6 Å². The molecule has 2 heterocycles. The standard InChI is InChI=1S/C7H3ClN2O3/c8-5-1-3-4(2-9-5)10-7(12)13-6(3)11/h1-2H,(H,10,12). The number of pyridine rings is 1. The first-order valence-corrected chi connectivity index (χ1v) is 3.73. The molecule has 0 aliphatic heterocycles. The zero-order valence-corrected chi connectivity index (χ0v) is 6.96. The summed E-state index contributed by atoms with van der Waals surface area (Å²) < 4.78 is 4.29. The van der Waals surface area contributed by atoms with E-state index in [1.807, 2.05) is 0 Å². The highest BCUT2D eigenvalue weighted by molar-refractivity contribution is 6.29. The first-order valence-electron chi connectivity index (χ1n) is 3.35. The normalized spacial score (nSPS) is 10.5. The highest BCUT2D eigenvalue weighted by atomic mass is 35.5. The van der Waals surface area contributed by atoms with Crippen LogP contribution in [0.4, 0.5) is 0 Å². The fraction of sp³-hybridized carbons (Fsp3) is 0. The van der Waals surface area contributed by atoms with Crippen molar-refractivity contribution in [3.63, 3.8) is 0 Å². The van der Waals surface area contributed by atoms with Crippen molar-refractivity contribution in [3.8, 4) is 0 Å². The number of aromatic amines is 1. The summed E-state index contributed by atoms with van der Waals surface area (Å²) in [5.41, 5.74) is -0.409. The molecule has 5 nitrogen and oxygen atoms in total. The van der Waals surface area contributed by atoms with Gasteiger partial charge in [0, 0.05) is 0 Å². The topological polar surface area (TPSA) is 76.0 Å². The van der Waals surface area contributed by atoms with Crippen LogP contribution in [0.25, 0.3) is 10.9 Å². The van der Waals surface area contributed by atoms with E-state index in [-0.39, 0.29) is 10.5 Å². The Morgan fingerprint density at radius 1 is 1.46 bits per heavy atom. The Labute approximate surface area is 76.0 Å². The van der Waals surface area contributed by atoms with Crippen LogP contribution in [0.1, 0.15) is 0 Å². The van der Waals surface area contributed by atoms with Crippen molar-refractivity contribution >= 4 is 22.5 Å². The molecular weight excluding hydrogens is 196 g/mol. The fourth-order valence-electron chi connectivity index (χ4n) is 0.973. The van der Waals surface area contributed by atoms with E-state index in [1.54, 1.807) is 0 Å². The second kappa shape index (κ2) is 2.70. The molecule has 0 amide bonds. The molecule has 6 heteroatoms. The molecule has 2 aromatic heterocycles. The molecule has 0 bridgehead atoms. The van der Waals surface area contributed by atoms with E-state index < -0.39 is 11.4 Å². The Kier molecular flexibility index (Phi) is 1.66. The average Bonchev–Trinajstić information content (AvgIpc) is 2.06. The summed E-state index contributed by atoms with van der Waals surface area (Å²) in [6, 6.07) is 1.33. The summed E-state index contributed by atoms with van der Waals surface area (Å²) in [5.74, 6) is -0.804. The van der Waals surface area contributed by atoms with Crippen molar-refractivity contribution in [2.45, 2.75) is 0 Å². The Bertz CT molecular complexity index is 572. The van der Waals surface area contributed by atoms with Crippen LogP contribution in [0.3, 0.4) is 0 Å². The van der Waals surface area contributed by atoms with Gasteiger partial charge in [-0.1, -0.05) is 11.6 Å². The van der Waals surface area contributed by atoms with Gasteiger partial charge >= 0.3 is 11.4 Å². The molecule has 0 fully saturated rings. The number of hydrogen-bond acceptors (Lipinski definition) is 4. The molecule has 1 N–H and O–H groups in total. The number of aromatic nitrogens is 2. The molecule has 0 aliphatic carbocycles. The highest BCUT2D eigenvalue weighted by Gasteiger charge is 2.02. The van der Waals surface area contributed by atoms with Crippen LogP contribution >= 0.6 is 11.6 Å². The van der Waals surface area contributed by atoms with Gasteiger partial charge in [-0.2, -0.15) is 0 Å². The molecule has 0 spiro atoms. The predicted molar refractivity (Wildman–Crippen MR) is 45.9 cm³/mol. The summed E-state index contributed by atoms with van der Waals surface area (Å²) in [6.45, 7) is 0. The Balaban J connectivity index is 3.04. The van der Waals surface area contributed by atoms with Gasteiger partial charge in [-0.15, -0.1) is 0 Å². The van der Waals surface area contributed by atoms with E-state index in [1.165, 1.54) is 12.3 Å². The average molecular weight is 199 g/mol. The van der Waals surface area contributed by atoms with Crippen molar-refractivity contribution in [1.29, 1.82) is 0 Å². The number of H-pyrrole nitrogens is 1. The first-order chi connectivity index (χ1) is 6.16. The maximum absolute atomic E-state index is 11.1. The summed E-state index contributed by atoms with van der Waals surface area (Å²) in [4.78, 5) is 27.8. The number of nitrogens with zero attached hydrogens (tertiary/aromatic N) is 1. The predicted octanol–water partition coefficient (Wildman–Crippen LogP) is 0.530. The molecule has 0 aliphatic rings. The van der Waals surface area contributed by atoms with E-state index in [4.69, 9.17) is 11.6 Å². The summed E-state index contributed by atoms with van der Waals surface area (Å²) in [6.07, 6.45) is 1.30. The van der Waals surface area contributed by atoms with Crippen molar-refractivity contribution in [1.82, 2.24) is 9.97 Å². The van der Waals surface area contributed by atoms with Crippen molar-refractivity contribution in [2.24, 2.45) is 0 Å². The van der Waals surface area contributed by atoms with Crippen molar-refractivity contribution in [2.75, 3.05) is 0 Å². The molecule has 66 valence electrons. The van der Waals surface area contributed by atoms with Gasteiger partial charge in [0.2, 0.25) is 0 Å². The second-order valence-corrected chi connectivity index (χ2v) is 2.74. The Morgan fingerprint density at radius 3 is 3.00 bits per heavy atom.